The van der Waals surface area contributed by atoms with Crippen molar-refractivity contribution in [1.29, 1.82) is 0 Å². The fraction of sp³-hybridized carbons (Fsp3) is 0.0500. The van der Waals surface area contributed by atoms with Crippen LogP contribution in [0.15, 0.2) is 65.3 Å². The number of carbonyl (C=O) groups is 1. The van der Waals surface area contributed by atoms with Gasteiger partial charge < -0.3 is 5.32 Å². The summed E-state index contributed by atoms with van der Waals surface area (Å²) in [6.07, 6.45) is 1.59. The van der Waals surface area contributed by atoms with Crippen LogP contribution in [-0.2, 0) is 7.05 Å². The van der Waals surface area contributed by atoms with Gasteiger partial charge in [0.1, 0.15) is 5.82 Å². The van der Waals surface area contributed by atoms with Gasteiger partial charge in [0.15, 0.2) is 5.65 Å². The maximum atomic E-state index is 14.1. The zero-order chi connectivity index (χ0) is 19.0. The van der Waals surface area contributed by atoms with Crippen molar-refractivity contribution in [3.8, 4) is 11.3 Å². The highest BCUT2D eigenvalue weighted by atomic mass is 79.9. The zero-order valence-electron chi connectivity index (χ0n) is 14.3. The molecule has 0 bridgehead atoms. The number of fused-ring (bicyclic) bond motifs is 1. The summed E-state index contributed by atoms with van der Waals surface area (Å²) in [6.45, 7) is 0. The van der Waals surface area contributed by atoms with E-state index in [4.69, 9.17) is 0 Å². The van der Waals surface area contributed by atoms with E-state index in [0.717, 1.165) is 5.56 Å². The predicted molar refractivity (Wildman–Crippen MR) is 106 cm³/mol. The number of carbonyl (C=O) groups excluding carboxylic acids is 1. The molecule has 2 aromatic heterocycles. The van der Waals surface area contributed by atoms with E-state index in [9.17, 15) is 9.18 Å². The molecule has 0 aliphatic carbocycles. The summed E-state index contributed by atoms with van der Waals surface area (Å²) < 4.78 is 16.3. The smallest absolute Gasteiger partial charge is 0.256 e. The van der Waals surface area contributed by atoms with Crippen molar-refractivity contribution in [2.75, 3.05) is 5.32 Å². The number of nitrogens with one attached hydrogen (secondary N) is 1. The Morgan fingerprint density at radius 3 is 2.67 bits per heavy atom. The summed E-state index contributed by atoms with van der Waals surface area (Å²) in [5.74, 6) is -0.939. The Kier molecular flexibility index (Phi) is 4.45. The number of anilines is 1. The molecular formula is C20H14BrFN4O. The van der Waals surface area contributed by atoms with Gasteiger partial charge in [-0.3, -0.25) is 9.48 Å². The Hall–Kier alpha value is -3.06. The average molecular weight is 425 g/mol. The molecule has 1 N–H and O–H groups in total. The number of amides is 1. The van der Waals surface area contributed by atoms with E-state index in [1.54, 1.807) is 30.1 Å². The van der Waals surface area contributed by atoms with Crippen LogP contribution in [0, 0.1) is 5.82 Å². The summed E-state index contributed by atoms with van der Waals surface area (Å²) in [4.78, 5) is 17.5. The highest BCUT2D eigenvalue weighted by molar-refractivity contribution is 9.10. The molecule has 1 amide bonds. The number of pyridine rings is 1. The molecule has 2 heterocycles. The van der Waals surface area contributed by atoms with Gasteiger partial charge >= 0.3 is 0 Å². The van der Waals surface area contributed by atoms with Crippen molar-refractivity contribution in [3.63, 3.8) is 0 Å². The number of hydrogen-bond acceptors (Lipinski definition) is 3. The molecule has 5 nitrogen and oxygen atoms in total. The monoisotopic (exact) mass is 424 g/mol. The number of aryl methyl sites for hydroxylation is 1. The second-order valence-corrected chi connectivity index (χ2v) is 6.92. The third-order valence-electron chi connectivity index (χ3n) is 4.20. The lowest BCUT2D eigenvalue weighted by Gasteiger charge is -2.10. The number of halogens is 2. The maximum absolute atomic E-state index is 14.1. The Morgan fingerprint density at radius 1 is 1.15 bits per heavy atom. The summed E-state index contributed by atoms with van der Waals surface area (Å²) in [6, 6.07) is 15.7. The Labute approximate surface area is 163 Å². The predicted octanol–water partition coefficient (Wildman–Crippen LogP) is 4.79. The van der Waals surface area contributed by atoms with Gasteiger partial charge in [-0.15, -0.1) is 0 Å². The highest BCUT2D eigenvalue weighted by Crippen LogP contribution is 2.26. The molecule has 7 heteroatoms. The number of hydrogen-bond donors (Lipinski definition) is 1. The normalized spacial score (nSPS) is 10.9. The van der Waals surface area contributed by atoms with E-state index >= 15 is 0 Å². The second kappa shape index (κ2) is 6.92. The quantitative estimate of drug-likeness (QED) is 0.514. The third kappa shape index (κ3) is 3.33. The number of nitrogens with zero attached hydrogens (tertiary/aromatic N) is 3. The van der Waals surface area contributed by atoms with Crippen LogP contribution in [0.1, 0.15) is 10.4 Å². The Bertz CT molecular complexity index is 1160. The van der Waals surface area contributed by atoms with Gasteiger partial charge in [-0.25, -0.2) is 9.37 Å². The molecule has 0 saturated carbocycles. The van der Waals surface area contributed by atoms with Gasteiger partial charge in [0.25, 0.3) is 5.91 Å². The fourth-order valence-corrected chi connectivity index (χ4v) is 3.17. The molecule has 27 heavy (non-hydrogen) atoms. The van der Waals surface area contributed by atoms with Crippen LogP contribution in [-0.4, -0.2) is 20.7 Å². The zero-order valence-corrected chi connectivity index (χ0v) is 15.9. The Morgan fingerprint density at radius 2 is 1.93 bits per heavy atom. The van der Waals surface area contributed by atoms with Gasteiger partial charge in [-0.1, -0.05) is 46.3 Å². The molecule has 0 saturated heterocycles. The summed E-state index contributed by atoms with van der Waals surface area (Å²) in [7, 11) is 1.76. The third-order valence-corrected chi connectivity index (χ3v) is 4.69. The van der Waals surface area contributed by atoms with E-state index in [-0.39, 0.29) is 5.69 Å². The van der Waals surface area contributed by atoms with Crippen LogP contribution >= 0.6 is 15.9 Å². The van der Waals surface area contributed by atoms with Crippen molar-refractivity contribution >= 4 is 38.6 Å². The van der Waals surface area contributed by atoms with Gasteiger partial charge in [-0.2, -0.15) is 5.10 Å². The molecule has 0 atom stereocenters. The summed E-state index contributed by atoms with van der Waals surface area (Å²) >= 11 is 3.21. The lowest BCUT2D eigenvalue weighted by atomic mass is 10.1. The van der Waals surface area contributed by atoms with Crippen LogP contribution < -0.4 is 5.32 Å². The van der Waals surface area contributed by atoms with Crippen LogP contribution in [0.5, 0.6) is 0 Å². The van der Waals surface area contributed by atoms with Crippen molar-refractivity contribution in [3.05, 3.63) is 76.6 Å². The van der Waals surface area contributed by atoms with E-state index in [1.807, 2.05) is 30.3 Å². The SMILES string of the molecule is Cn1ncc2c(C(=O)Nc3ccc(Br)cc3F)cc(-c3ccccc3)nc21. The highest BCUT2D eigenvalue weighted by Gasteiger charge is 2.18. The molecule has 4 rings (SSSR count). The summed E-state index contributed by atoms with van der Waals surface area (Å²) in [5.41, 5.74) is 2.60. The van der Waals surface area contributed by atoms with Crippen LogP contribution in [0.2, 0.25) is 0 Å². The topological polar surface area (TPSA) is 59.8 Å². The standard InChI is InChI=1S/C20H14BrFN4O/c1-26-19-15(11-23-26)14(10-18(24-19)12-5-3-2-4-6-12)20(27)25-17-8-7-13(21)9-16(17)22/h2-11H,1H3,(H,25,27). The molecule has 134 valence electrons. The van der Waals surface area contributed by atoms with Crippen molar-refractivity contribution in [2.24, 2.45) is 7.05 Å². The molecule has 0 fully saturated rings. The number of rotatable bonds is 3. The first-order valence-electron chi connectivity index (χ1n) is 8.17. The van der Waals surface area contributed by atoms with Crippen molar-refractivity contribution < 1.29 is 9.18 Å². The first kappa shape index (κ1) is 17.4. The first-order chi connectivity index (χ1) is 13.0. The first-order valence-corrected chi connectivity index (χ1v) is 8.97. The molecule has 0 spiro atoms. The fourth-order valence-electron chi connectivity index (χ4n) is 2.84. The molecular weight excluding hydrogens is 411 g/mol. The molecule has 2 aromatic carbocycles. The van der Waals surface area contributed by atoms with Gasteiger partial charge in [-0.05, 0) is 24.3 Å². The molecule has 4 aromatic rings. The second-order valence-electron chi connectivity index (χ2n) is 6.00. The van der Waals surface area contributed by atoms with Crippen molar-refractivity contribution in [1.82, 2.24) is 14.8 Å². The van der Waals surface area contributed by atoms with Gasteiger partial charge in [0.05, 0.1) is 28.5 Å². The lowest BCUT2D eigenvalue weighted by Crippen LogP contribution is -2.14. The van der Waals surface area contributed by atoms with Crippen molar-refractivity contribution in [2.45, 2.75) is 0 Å². The average Bonchev–Trinajstić information content (AvgIpc) is 3.05. The van der Waals surface area contributed by atoms with E-state index < -0.39 is 11.7 Å². The minimum absolute atomic E-state index is 0.110. The van der Waals surface area contributed by atoms with Gasteiger partial charge in [0, 0.05) is 17.1 Å². The van der Waals surface area contributed by atoms with Crippen LogP contribution in [0.4, 0.5) is 10.1 Å². The number of aromatic nitrogens is 3. The number of benzene rings is 2. The van der Waals surface area contributed by atoms with Crippen LogP contribution in [0.3, 0.4) is 0 Å². The maximum Gasteiger partial charge on any atom is 0.256 e. The van der Waals surface area contributed by atoms with E-state index in [1.165, 1.54) is 12.1 Å². The lowest BCUT2D eigenvalue weighted by molar-refractivity contribution is 0.102. The van der Waals surface area contributed by atoms with E-state index in [2.05, 4.69) is 31.3 Å². The largest absolute Gasteiger partial charge is 0.319 e. The molecule has 0 unspecified atom stereocenters. The molecule has 0 aliphatic rings. The molecule has 0 aliphatic heterocycles. The van der Waals surface area contributed by atoms with Crippen LogP contribution in [0.25, 0.3) is 22.3 Å². The minimum atomic E-state index is -0.516. The minimum Gasteiger partial charge on any atom is -0.319 e. The Balaban J connectivity index is 1.81. The van der Waals surface area contributed by atoms with E-state index in [0.29, 0.717) is 26.8 Å². The summed E-state index contributed by atoms with van der Waals surface area (Å²) in [5, 5.41) is 7.44. The van der Waals surface area contributed by atoms with Gasteiger partial charge in [0.2, 0.25) is 0 Å². The molecule has 0 radical (unpaired) electrons.